The van der Waals surface area contributed by atoms with Gasteiger partial charge in [-0.15, -0.1) is 0 Å². The summed E-state index contributed by atoms with van der Waals surface area (Å²) in [5, 5.41) is 10.8. The molecule has 21 heavy (non-hydrogen) atoms. The molecular formula is C14H20ClN3O3. The highest BCUT2D eigenvalue weighted by Gasteiger charge is 2.38. The number of aliphatic hydroxyl groups is 1. The van der Waals surface area contributed by atoms with Gasteiger partial charge in [0.1, 0.15) is 5.02 Å². The molecule has 2 saturated heterocycles. The van der Waals surface area contributed by atoms with Crippen LogP contribution < -0.4 is 9.64 Å². The molecule has 3 heterocycles. The fourth-order valence-electron chi connectivity index (χ4n) is 3.26. The maximum Gasteiger partial charge on any atom is 0.318 e. The normalized spacial score (nSPS) is 29.7. The van der Waals surface area contributed by atoms with Crippen LogP contribution in [0.1, 0.15) is 19.3 Å². The summed E-state index contributed by atoms with van der Waals surface area (Å²) in [5.41, 5.74) is 0. The van der Waals surface area contributed by atoms with Crippen LogP contribution in [0.4, 0.5) is 5.82 Å². The van der Waals surface area contributed by atoms with E-state index in [4.69, 9.17) is 21.1 Å². The van der Waals surface area contributed by atoms with E-state index in [1.807, 2.05) is 0 Å². The van der Waals surface area contributed by atoms with Crippen LogP contribution in [-0.2, 0) is 4.74 Å². The van der Waals surface area contributed by atoms with Gasteiger partial charge in [-0.25, -0.2) is 4.98 Å². The number of halogens is 1. The van der Waals surface area contributed by atoms with Crippen molar-refractivity contribution in [1.29, 1.82) is 0 Å². The quantitative estimate of drug-likeness (QED) is 0.912. The minimum absolute atomic E-state index is 0.0956. The zero-order chi connectivity index (χ0) is 14.8. The number of aliphatic hydroxyl groups excluding tert-OH is 1. The summed E-state index contributed by atoms with van der Waals surface area (Å²) in [4.78, 5) is 10.6. The molecule has 2 aliphatic heterocycles. The Labute approximate surface area is 129 Å². The Morgan fingerprint density at radius 1 is 1.48 bits per heavy atom. The summed E-state index contributed by atoms with van der Waals surface area (Å²) >= 11 is 6.26. The van der Waals surface area contributed by atoms with Gasteiger partial charge < -0.3 is 19.5 Å². The molecule has 0 spiro atoms. The molecule has 1 aromatic heterocycles. The van der Waals surface area contributed by atoms with Crippen LogP contribution in [-0.4, -0.2) is 54.1 Å². The summed E-state index contributed by atoms with van der Waals surface area (Å²) in [6.07, 6.45) is 3.98. The lowest BCUT2D eigenvalue weighted by Crippen LogP contribution is -2.46. The third-order valence-corrected chi connectivity index (χ3v) is 4.58. The van der Waals surface area contributed by atoms with Crippen LogP contribution in [0, 0.1) is 5.92 Å². The molecule has 0 radical (unpaired) electrons. The lowest BCUT2D eigenvalue weighted by Gasteiger charge is -2.37. The second-order valence-electron chi connectivity index (χ2n) is 5.53. The highest BCUT2D eigenvalue weighted by atomic mass is 35.5. The van der Waals surface area contributed by atoms with E-state index in [9.17, 15) is 5.11 Å². The first-order chi connectivity index (χ1) is 10.2. The molecule has 0 saturated carbocycles. The van der Waals surface area contributed by atoms with Crippen LogP contribution in [0.2, 0.25) is 5.02 Å². The lowest BCUT2D eigenvalue weighted by molar-refractivity contribution is -0.0438. The van der Waals surface area contributed by atoms with Gasteiger partial charge in [0.25, 0.3) is 0 Å². The number of rotatable bonds is 3. The van der Waals surface area contributed by atoms with Crippen molar-refractivity contribution in [3.05, 3.63) is 11.2 Å². The molecule has 0 unspecified atom stereocenters. The van der Waals surface area contributed by atoms with Crippen molar-refractivity contribution in [2.75, 3.05) is 31.8 Å². The van der Waals surface area contributed by atoms with Gasteiger partial charge in [0.05, 0.1) is 26.0 Å². The van der Waals surface area contributed by atoms with Crippen LogP contribution in [0.15, 0.2) is 6.20 Å². The maximum absolute atomic E-state index is 10.3. The fraction of sp³-hybridized carbons (Fsp3) is 0.714. The van der Waals surface area contributed by atoms with Gasteiger partial charge in [0.2, 0.25) is 0 Å². The summed E-state index contributed by atoms with van der Waals surface area (Å²) in [6.45, 7) is 2.09. The van der Waals surface area contributed by atoms with Crippen molar-refractivity contribution in [3.8, 4) is 6.01 Å². The van der Waals surface area contributed by atoms with Crippen LogP contribution in [0.3, 0.4) is 0 Å². The highest BCUT2D eigenvalue weighted by molar-refractivity contribution is 6.32. The van der Waals surface area contributed by atoms with E-state index in [1.165, 1.54) is 7.11 Å². The topological polar surface area (TPSA) is 67.7 Å². The fourth-order valence-corrected chi connectivity index (χ4v) is 3.46. The number of nitrogens with zero attached hydrogens (tertiary/aromatic N) is 3. The zero-order valence-electron chi connectivity index (χ0n) is 12.0. The average molecular weight is 314 g/mol. The summed E-state index contributed by atoms with van der Waals surface area (Å²) in [5.74, 6) is 0.780. The van der Waals surface area contributed by atoms with Gasteiger partial charge in [0.15, 0.2) is 5.82 Å². The van der Waals surface area contributed by atoms with Crippen molar-refractivity contribution in [3.63, 3.8) is 0 Å². The van der Waals surface area contributed by atoms with Crippen molar-refractivity contribution in [2.45, 2.75) is 31.4 Å². The Morgan fingerprint density at radius 2 is 2.33 bits per heavy atom. The van der Waals surface area contributed by atoms with E-state index < -0.39 is 0 Å². The standard InChI is InChI=1S/C14H20ClN3O3/c1-20-14-16-7-10(15)13(17-14)18-5-2-3-11(18)9-8-21-6-4-12(9)19/h7,9,11-12,19H,2-6,8H2,1H3/t9-,11+,12+/m0/s1. The van der Waals surface area contributed by atoms with Crippen LogP contribution >= 0.6 is 11.6 Å². The minimum atomic E-state index is -0.327. The third kappa shape index (κ3) is 2.93. The smallest absolute Gasteiger partial charge is 0.318 e. The number of methoxy groups -OCH3 is 1. The van der Waals surface area contributed by atoms with Gasteiger partial charge in [-0.3, -0.25) is 0 Å². The van der Waals surface area contributed by atoms with Crippen LogP contribution in [0.25, 0.3) is 0 Å². The summed E-state index contributed by atoms with van der Waals surface area (Å²) < 4.78 is 10.6. The monoisotopic (exact) mass is 313 g/mol. The molecule has 0 amide bonds. The molecule has 2 fully saturated rings. The van der Waals surface area contributed by atoms with E-state index in [0.717, 1.165) is 19.4 Å². The van der Waals surface area contributed by atoms with Crippen molar-refractivity contribution < 1.29 is 14.6 Å². The molecule has 3 rings (SSSR count). The van der Waals surface area contributed by atoms with Gasteiger partial charge in [-0.2, -0.15) is 4.98 Å². The molecule has 1 N–H and O–H groups in total. The Kier molecular flexibility index (Phi) is 4.47. The van der Waals surface area contributed by atoms with Crippen molar-refractivity contribution in [2.24, 2.45) is 5.92 Å². The van der Waals surface area contributed by atoms with Gasteiger partial charge in [0, 0.05) is 25.1 Å². The van der Waals surface area contributed by atoms with Gasteiger partial charge in [-0.1, -0.05) is 11.6 Å². The Balaban J connectivity index is 1.86. The molecule has 116 valence electrons. The van der Waals surface area contributed by atoms with E-state index >= 15 is 0 Å². The van der Waals surface area contributed by atoms with Gasteiger partial charge in [-0.05, 0) is 19.3 Å². The molecule has 2 aliphatic rings. The summed E-state index contributed by atoms with van der Waals surface area (Å²) in [6, 6.07) is 0.498. The van der Waals surface area contributed by atoms with Crippen molar-refractivity contribution >= 4 is 17.4 Å². The molecule has 0 aromatic carbocycles. The minimum Gasteiger partial charge on any atom is -0.467 e. The predicted octanol–water partition coefficient (Wildman–Crippen LogP) is 1.50. The SMILES string of the molecule is COc1ncc(Cl)c(N2CCC[C@@H]2[C@@H]2COCC[C@H]2O)n1. The first-order valence-corrected chi connectivity index (χ1v) is 7.67. The van der Waals surface area contributed by atoms with E-state index in [-0.39, 0.29) is 18.1 Å². The van der Waals surface area contributed by atoms with E-state index in [2.05, 4.69) is 14.9 Å². The molecular weight excluding hydrogens is 294 g/mol. The second-order valence-corrected chi connectivity index (χ2v) is 5.93. The van der Waals surface area contributed by atoms with Crippen molar-refractivity contribution in [1.82, 2.24) is 9.97 Å². The largest absolute Gasteiger partial charge is 0.467 e. The molecule has 0 aliphatic carbocycles. The number of hydrogen-bond acceptors (Lipinski definition) is 6. The maximum atomic E-state index is 10.3. The average Bonchev–Trinajstić information content (AvgIpc) is 2.97. The zero-order valence-corrected chi connectivity index (χ0v) is 12.8. The predicted molar refractivity (Wildman–Crippen MR) is 78.9 cm³/mol. The highest BCUT2D eigenvalue weighted by Crippen LogP contribution is 2.36. The molecule has 6 nitrogen and oxygen atoms in total. The third-order valence-electron chi connectivity index (χ3n) is 4.31. The second kappa shape index (κ2) is 6.34. The molecule has 3 atom stereocenters. The lowest BCUT2D eigenvalue weighted by atomic mass is 9.89. The molecule has 7 heteroatoms. The van der Waals surface area contributed by atoms with E-state index in [1.54, 1.807) is 6.20 Å². The molecule has 0 bridgehead atoms. The first kappa shape index (κ1) is 14.8. The van der Waals surface area contributed by atoms with E-state index in [0.29, 0.717) is 36.5 Å². The summed E-state index contributed by atoms with van der Waals surface area (Å²) in [7, 11) is 1.53. The Bertz CT molecular complexity index is 502. The number of anilines is 1. The van der Waals surface area contributed by atoms with Crippen LogP contribution in [0.5, 0.6) is 6.01 Å². The Hall–Kier alpha value is -1.11. The first-order valence-electron chi connectivity index (χ1n) is 7.29. The number of ether oxygens (including phenoxy) is 2. The molecule has 1 aromatic rings. The van der Waals surface area contributed by atoms with Gasteiger partial charge >= 0.3 is 6.01 Å². The number of aromatic nitrogens is 2. The number of hydrogen-bond donors (Lipinski definition) is 1. The Morgan fingerprint density at radius 3 is 3.10 bits per heavy atom.